The monoisotopic (exact) mass is 200 g/mol. The Morgan fingerprint density at radius 3 is 2.40 bits per heavy atom. The molecule has 0 amide bonds. The summed E-state index contributed by atoms with van der Waals surface area (Å²) in [5.74, 6) is 0.280. The van der Waals surface area contributed by atoms with Gasteiger partial charge in [-0.1, -0.05) is 62.4 Å². The summed E-state index contributed by atoms with van der Waals surface area (Å²) in [5, 5.41) is 0. The van der Waals surface area contributed by atoms with Crippen molar-refractivity contribution in [1.29, 1.82) is 0 Å². The summed E-state index contributed by atoms with van der Waals surface area (Å²) in [4.78, 5) is 10.7. The third-order valence-corrected chi connectivity index (χ3v) is 2.18. The van der Waals surface area contributed by atoms with Crippen molar-refractivity contribution in [2.45, 2.75) is 13.8 Å². The number of carbonyl (C=O) groups is 1. The second-order valence-electron chi connectivity index (χ2n) is 3.71. The van der Waals surface area contributed by atoms with Gasteiger partial charge in [0.2, 0.25) is 0 Å². The molecule has 1 nitrogen and oxygen atoms in total. The zero-order valence-corrected chi connectivity index (χ0v) is 9.18. The lowest BCUT2D eigenvalue weighted by molar-refractivity contribution is -0.105. The van der Waals surface area contributed by atoms with Gasteiger partial charge in [0.15, 0.2) is 0 Å². The number of benzene rings is 1. The standard InChI is InChI=1S/C14H16O/c1-12(2)14(11-15)10-6-9-13-7-4-3-5-8-13/h3-12H,1-2H3/b9-6+,14-10-. The van der Waals surface area contributed by atoms with Gasteiger partial charge in [0, 0.05) is 0 Å². The van der Waals surface area contributed by atoms with Crippen molar-refractivity contribution in [3.63, 3.8) is 0 Å². The van der Waals surface area contributed by atoms with E-state index in [1.54, 1.807) is 0 Å². The number of hydrogen-bond acceptors (Lipinski definition) is 1. The number of rotatable bonds is 4. The van der Waals surface area contributed by atoms with Crippen molar-refractivity contribution in [2.75, 3.05) is 0 Å². The van der Waals surface area contributed by atoms with E-state index in [1.807, 2.05) is 62.4 Å². The molecule has 0 heterocycles. The van der Waals surface area contributed by atoms with Crippen molar-refractivity contribution in [2.24, 2.45) is 5.92 Å². The van der Waals surface area contributed by atoms with E-state index in [0.29, 0.717) is 0 Å². The van der Waals surface area contributed by atoms with Crippen molar-refractivity contribution in [3.8, 4) is 0 Å². The molecule has 0 unspecified atom stereocenters. The summed E-state index contributed by atoms with van der Waals surface area (Å²) in [5.41, 5.74) is 1.96. The fourth-order valence-electron chi connectivity index (χ4n) is 1.20. The van der Waals surface area contributed by atoms with Crippen LogP contribution in [0.3, 0.4) is 0 Å². The summed E-state index contributed by atoms with van der Waals surface area (Å²) in [6.07, 6.45) is 6.69. The van der Waals surface area contributed by atoms with E-state index in [2.05, 4.69) is 0 Å². The Hall–Kier alpha value is -1.63. The number of hydrogen-bond donors (Lipinski definition) is 0. The SMILES string of the molecule is CC(C)/C(C=O)=C\C=C\c1ccccc1. The highest BCUT2D eigenvalue weighted by Gasteiger charge is 1.98. The van der Waals surface area contributed by atoms with Gasteiger partial charge in [0.05, 0.1) is 0 Å². The van der Waals surface area contributed by atoms with Crippen LogP contribution in [0.5, 0.6) is 0 Å². The second-order valence-corrected chi connectivity index (χ2v) is 3.71. The minimum absolute atomic E-state index is 0.280. The van der Waals surface area contributed by atoms with E-state index in [9.17, 15) is 4.79 Å². The first kappa shape index (κ1) is 11.4. The minimum Gasteiger partial charge on any atom is -0.298 e. The zero-order valence-electron chi connectivity index (χ0n) is 9.18. The lowest BCUT2D eigenvalue weighted by atomic mass is 10.0. The van der Waals surface area contributed by atoms with Gasteiger partial charge in [-0.3, -0.25) is 4.79 Å². The van der Waals surface area contributed by atoms with E-state index in [4.69, 9.17) is 0 Å². The summed E-state index contributed by atoms with van der Waals surface area (Å²) in [6, 6.07) is 10.0. The topological polar surface area (TPSA) is 17.1 Å². The molecule has 1 aromatic rings. The molecule has 0 atom stereocenters. The van der Waals surface area contributed by atoms with Gasteiger partial charge in [-0.25, -0.2) is 0 Å². The lowest BCUT2D eigenvalue weighted by Gasteiger charge is -2.00. The molecule has 0 aliphatic rings. The van der Waals surface area contributed by atoms with Gasteiger partial charge >= 0.3 is 0 Å². The van der Waals surface area contributed by atoms with Crippen LogP contribution in [0.15, 0.2) is 48.1 Å². The maximum absolute atomic E-state index is 10.7. The van der Waals surface area contributed by atoms with Crippen LogP contribution in [-0.2, 0) is 4.79 Å². The largest absolute Gasteiger partial charge is 0.298 e. The highest BCUT2D eigenvalue weighted by atomic mass is 16.1. The number of carbonyl (C=O) groups excluding carboxylic acids is 1. The second kappa shape index (κ2) is 5.97. The van der Waals surface area contributed by atoms with Gasteiger partial charge in [-0.2, -0.15) is 0 Å². The van der Waals surface area contributed by atoms with Crippen LogP contribution in [0, 0.1) is 5.92 Å². The molecule has 0 fully saturated rings. The Bertz CT molecular complexity index is 358. The normalized spacial score (nSPS) is 12.3. The first-order valence-electron chi connectivity index (χ1n) is 5.12. The average molecular weight is 200 g/mol. The minimum atomic E-state index is 0.280. The molecule has 0 N–H and O–H groups in total. The predicted molar refractivity (Wildman–Crippen MR) is 64.5 cm³/mol. The Kier molecular flexibility index (Phi) is 4.55. The Balaban J connectivity index is 2.70. The molecule has 78 valence electrons. The van der Waals surface area contributed by atoms with Gasteiger partial charge in [-0.05, 0) is 17.1 Å². The zero-order chi connectivity index (χ0) is 11.1. The van der Waals surface area contributed by atoms with Crippen molar-refractivity contribution in [3.05, 3.63) is 53.6 Å². The van der Waals surface area contributed by atoms with Crippen LogP contribution in [0.1, 0.15) is 19.4 Å². The molecule has 1 heteroatoms. The van der Waals surface area contributed by atoms with Gasteiger partial charge in [0.25, 0.3) is 0 Å². The van der Waals surface area contributed by atoms with Crippen LogP contribution < -0.4 is 0 Å². The fourth-order valence-corrected chi connectivity index (χ4v) is 1.20. The van der Waals surface area contributed by atoms with E-state index in [0.717, 1.165) is 17.4 Å². The van der Waals surface area contributed by atoms with Crippen LogP contribution >= 0.6 is 0 Å². The maximum atomic E-state index is 10.7. The number of allylic oxidation sites excluding steroid dienone is 3. The highest BCUT2D eigenvalue weighted by molar-refractivity contribution is 5.74. The molecule has 0 radical (unpaired) electrons. The van der Waals surface area contributed by atoms with Crippen molar-refractivity contribution in [1.82, 2.24) is 0 Å². The van der Waals surface area contributed by atoms with Gasteiger partial charge in [-0.15, -0.1) is 0 Å². The van der Waals surface area contributed by atoms with Gasteiger partial charge in [0.1, 0.15) is 6.29 Å². The Labute approximate surface area is 91.1 Å². The number of aldehydes is 1. The molecule has 1 rings (SSSR count). The first-order valence-corrected chi connectivity index (χ1v) is 5.12. The van der Waals surface area contributed by atoms with Gasteiger partial charge < -0.3 is 0 Å². The quantitative estimate of drug-likeness (QED) is 0.413. The van der Waals surface area contributed by atoms with E-state index in [1.165, 1.54) is 0 Å². The van der Waals surface area contributed by atoms with E-state index < -0.39 is 0 Å². The lowest BCUT2D eigenvalue weighted by Crippen LogP contribution is -1.93. The van der Waals surface area contributed by atoms with Crippen LogP contribution in [0.2, 0.25) is 0 Å². The third-order valence-electron chi connectivity index (χ3n) is 2.18. The maximum Gasteiger partial charge on any atom is 0.146 e. The average Bonchev–Trinajstić information content (AvgIpc) is 2.25. The van der Waals surface area contributed by atoms with Crippen LogP contribution in [-0.4, -0.2) is 6.29 Å². The summed E-state index contributed by atoms with van der Waals surface area (Å²) in [7, 11) is 0. The van der Waals surface area contributed by atoms with Crippen LogP contribution in [0.25, 0.3) is 6.08 Å². The summed E-state index contributed by atoms with van der Waals surface area (Å²) in [6.45, 7) is 4.02. The molecule has 0 aliphatic heterocycles. The van der Waals surface area contributed by atoms with Crippen molar-refractivity contribution >= 4 is 12.4 Å². The highest BCUT2D eigenvalue weighted by Crippen LogP contribution is 2.07. The first-order chi connectivity index (χ1) is 7.24. The summed E-state index contributed by atoms with van der Waals surface area (Å²) < 4.78 is 0. The molecule has 15 heavy (non-hydrogen) atoms. The molecule has 0 saturated heterocycles. The molecular weight excluding hydrogens is 184 g/mol. The molecule has 0 aliphatic carbocycles. The van der Waals surface area contributed by atoms with Crippen LogP contribution in [0.4, 0.5) is 0 Å². The fraction of sp³-hybridized carbons (Fsp3) is 0.214. The molecule has 1 aromatic carbocycles. The van der Waals surface area contributed by atoms with E-state index in [-0.39, 0.29) is 5.92 Å². The summed E-state index contributed by atoms with van der Waals surface area (Å²) >= 11 is 0. The predicted octanol–water partition coefficient (Wildman–Crippen LogP) is 3.48. The third kappa shape index (κ3) is 3.94. The Morgan fingerprint density at radius 2 is 1.87 bits per heavy atom. The molecule has 0 bridgehead atoms. The molecule has 0 spiro atoms. The molecule has 0 aromatic heterocycles. The Morgan fingerprint density at radius 1 is 1.20 bits per heavy atom. The molecule has 0 saturated carbocycles. The van der Waals surface area contributed by atoms with E-state index >= 15 is 0 Å². The smallest absolute Gasteiger partial charge is 0.146 e. The molecular formula is C14H16O. The van der Waals surface area contributed by atoms with Crippen molar-refractivity contribution < 1.29 is 4.79 Å².